The molecule has 1 atom stereocenters. The van der Waals surface area contributed by atoms with E-state index in [4.69, 9.17) is 24.6 Å². The second-order valence-electron chi connectivity index (χ2n) is 3.98. The summed E-state index contributed by atoms with van der Waals surface area (Å²) in [5.41, 5.74) is 0.673. The number of nitriles is 1. The largest absolute Gasteiger partial charge is 0.490 e. The SMILES string of the molecule is N#CC(OCCO)c1cc(Br)c2c(c1)OCCCO2. The molecular weight excluding hydrogens is 314 g/mol. The Morgan fingerprint density at radius 3 is 2.95 bits per heavy atom. The predicted octanol–water partition coefficient (Wildman–Crippen LogP) is 2.18. The summed E-state index contributed by atoms with van der Waals surface area (Å²) in [5.74, 6) is 1.26. The normalized spacial score (nSPS) is 15.4. The minimum absolute atomic E-state index is 0.115. The molecule has 0 aromatic heterocycles. The lowest BCUT2D eigenvalue weighted by atomic mass is 10.1. The number of fused-ring (bicyclic) bond motifs is 1. The van der Waals surface area contributed by atoms with Gasteiger partial charge < -0.3 is 19.3 Å². The van der Waals surface area contributed by atoms with E-state index in [2.05, 4.69) is 22.0 Å². The molecule has 0 saturated carbocycles. The van der Waals surface area contributed by atoms with Gasteiger partial charge in [-0.15, -0.1) is 0 Å². The molecule has 1 unspecified atom stereocenters. The van der Waals surface area contributed by atoms with E-state index in [1.165, 1.54) is 0 Å². The van der Waals surface area contributed by atoms with Crippen molar-refractivity contribution < 1.29 is 19.3 Å². The molecule has 1 heterocycles. The molecule has 1 aromatic rings. The topological polar surface area (TPSA) is 71.7 Å². The summed E-state index contributed by atoms with van der Waals surface area (Å²) in [5, 5.41) is 17.9. The van der Waals surface area contributed by atoms with E-state index in [9.17, 15) is 0 Å². The van der Waals surface area contributed by atoms with Crippen molar-refractivity contribution in [3.63, 3.8) is 0 Å². The maximum Gasteiger partial charge on any atom is 0.175 e. The molecule has 6 heteroatoms. The Hall–Kier alpha value is -1.29. The van der Waals surface area contributed by atoms with Gasteiger partial charge in [0, 0.05) is 12.0 Å². The Kier molecular flexibility index (Phi) is 5.02. The van der Waals surface area contributed by atoms with Crippen LogP contribution in [0.5, 0.6) is 11.5 Å². The van der Waals surface area contributed by atoms with Gasteiger partial charge in [-0.1, -0.05) is 0 Å². The number of halogens is 1. The average molecular weight is 328 g/mol. The first-order chi connectivity index (χ1) is 9.26. The molecule has 0 radical (unpaired) electrons. The smallest absolute Gasteiger partial charge is 0.175 e. The number of benzene rings is 1. The Bertz CT molecular complexity index is 486. The summed E-state index contributed by atoms with van der Waals surface area (Å²) in [6.45, 7) is 1.18. The van der Waals surface area contributed by atoms with Gasteiger partial charge in [-0.3, -0.25) is 0 Å². The molecule has 19 heavy (non-hydrogen) atoms. The highest BCUT2D eigenvalue weighted by atomic mass is 79.9. The van der Waals surface area contributed by atoms with Gasteiger partial charge >= 0.3 is 0 Å². The maximum absolute atomic E-state index is 9.11. The Labute approximate surface area is 119 Å². The number of rotatable bonds is 4. The Morgan fingerprint density at radius 1 is 1.42 bits per heavy atom. The van der Waals surface area contributed by atoms with Crippen LogP contribution in [-0.2, 0) is 4.74 Å². The number of ether oxygens (including phenoxy) is 3. The van der Waals surface area contributed by atoms with Gasteiger partial charge in [0.25, 0.3) is 0 Å². The molecule has 102 valence electrons. The van der Waals surface area contributed by atoms with E-state index in [1.54, 1.807) is 12.1 Å². The molecular formula is C13H14BrNO4. The summed E-state index contributed by atoms with van der Waals surface area (Å²) < 4.78 is 17.2. The van der Waals surface area contributed by atoms with Gasteiger partial charge in [-0.2, -0.15) is 5.26 Å². The van der Waals surface area contributed by atoms with E-state index in [1.807, 2.05) is 0 Å². The molecule has 1 aliphatic rings. The van der Waals surface area contributed by atoms with E-state index >= 15 is 0 Å². The highest BCUT2D eigenvalue weighted by molar-refractivity contribution is 9.10. The summed E-state index contributed by atoms with van der Waals surface area (Å²) in [6.07, 6.45) is 0.0830. The van der Waals surface area contributed by atoms with E-state index in [0.29, 0.717) is 30.3 Å². The maximum atomic E-state index is 9.11. The molecule has 0 bridgehead atoms. The van der Waals surface area contributed by atoms with Crippen LogP contribution in [-0.4, -0.2) is 31.5 Å². The fourth-order valence-corrected chi connectivity index (χ4v) is 2.35. The number of nitrogens with zero attached hydrogens (tertiary/aromatic N) is 1. The van der Waals surface area contributed by atoms with Crippen LogP contribution in [0.4, 0.5) is 0 Å². The third-order valence-corrected chi connectivity index (χ3v) is 3.21. The zero-order chi connectivity index (χ0) is 13.7. The average Bonchev–Trinajstić information content (AvgIpc) is 2.65. The third kappa shape index (κ3) is 3.38. The van der Waals surface area contributed by atoms with E-state index in [0.717, 1.165) is 10.9 Å². The zero-order valence-electron chi connectivity index (χ0n) is 10.3. The van der Waals surface area contributed by atoms with Gasteiger partial charge in [0.15, 0.2) is 17.6 Å². The highest BCUT2D eigenvalue weighted by Gasteiger charge is 2.19. The first-order valence-corrected chi connectivity index (χ1v) is 6.76. The predicted molar refractivity (Wildman–Crippen MR) is 71.1 cm³/mol. The number of aliphatic hydroxyl groups is 1. The monoisotopic (exact) mass is 327 g/mol. The van der Waals surface area contributed by atoms with E-state index < -0.39 is 6.10 Å². The molecule has 5 nitrogen and oxygen atoms in total. The summed E-state index contributed by atoms with van der Waals surface area (Å²) >= 11 is 3.41. The second-order valence-corrected chi connectivity index (χ2v) is 4.84. The molecule has 1 aliphatic heterocycles. The number of aliphatic hydroxyl groups excluding tert-OH is 1. The van der Waals surface area contributed by atoms with Crippen LogP contribution in [0.2, 0.25) is 0 Å². The summed E-state index contributed by atoms with van der Waals surface area (Å²) in [7, 11) is 0. The van der Waals surface area contributed by atoms with Crippen molar-refractivity contribution >= 4 is 15.9 Å². The lowest BCUT2D eigenvalue weighted by Gasteiger charge is -2.15. The molecule has 0 saturated heterocycles. The van der Waals surface area contributed by atoms with Crippen LogP contribution < -0.4 is 9.47 Å². The van der Waals surface area contributed by atoms with Crippen LogP contribution >= 0.6 is 15.9 Å². The van der Waals surface area contributed by atoms with Crippen LogP contribution in [0.3, 0.4) is 0 Å². The van der Waals surface area contributed by atoms with Gasteiger partial charge in [0.1, 0.15) is 0 Å². The Balaban J connectivity index is 2.29. The first-order valence-electron chi connectivity index (χ1n) is 5.97. The van der Waals surface area contributed by atoms with Crippen molar-refractivity contribution in [3.8, 4) is 17.6 Å². The van der Waals surface area contributed by atoms with Crippen LogP contribution in [0.25, 0.3) is 0 Å². The molecule has 1 aromatic carbocycles. The van der Waals surface area contributed by atoms with Crippen molar-refractivity contribution in [2.75, 3.05) is 26.4 Å². The zero-order valence-corrected chi connectivity index (χ0v) is 11.9. The lowest BCUT2D eigenvalue weighted by molar-refractivity contribution is 0.0579. The molecule has 1 N–H and O–H groups in total. The molecule has 0 fully saturated rings. The Morgan fingerprint density at radius 2 is 2.21 bits per heavy atom. The lowest BCUT2D eigenvalue weighted by Crippen LogP contribution is -2.07. The molecule has 0 aliphatic carbocycles. The van der Waals surface area contributed by atoms with Gasteiger partial charge in [0.05, 0.1) is 37.0 Å². The molecule has 0 spiro atoms. The minimum Gasteiger partial charge on any atom is -0.490 e. The number of hydrogen-bond donors (Lipinski definition) is 1. The van der Waals surface area contributed by atoms with Crippen molar-refractivity contribution in [3.05, 3.63) is 22.2 Å². The minimum atomic E-state index is -0.736. The quantitative estimate of drug-likeness (QED) is 0.917. The summed E-state index contributed by atoms with van der Waals surface area (Å²) in [4.78, 5) is 0. The van der Waals surface area contributed by atoms with Crippen molar-refractivity contribution in [2.45, 2.75) is 12.5 Å². The van der Waals surface area contributed by atoms with Gasteiger partial charge in [-0.25, -0.2) is 0 Å². The molecule has 0 amide bonds. The van der Waals surface area contributed by atoms with Crippen molar-refractivity contribution in [1.29, 1.82) is 5.26 Å². The van der Waals surface area contributed by atoms with Crippen molar-refractivity contribution in [1.82, 2.24) is 0 Å². The van der Waals surface area contributed by atoms with Crippen molar-refractivity contribution in [2.24, 2.45) is 0 Å². The third-order valence-electron chi connectivity index (χ3n) is 2.62. The standard InChI is InChI=1S/C13H14BrNO4/c14-10-6-9(12(8-15)18-5-2-16)7-11-13(10)19-4-1-3-17-11/h6-7,12,16H,1-5H2. The fraction of sp³-hybridized carbons (Fsp3) is 0.462. The summed E-state index contributed by atoms with van der Waals surface area (Å²) in [6, 6.07) is 5.58. The molecule has 2 rings (SSSR count). The second kappa shape index (κ2) is 6.75. The van der Waals surface area contributed by atoms with E-state index in [-0.39, 0.29) is 13.2 Å². The highest BCUT2D eigenvalue weighted by Crippen LogP contribution is 2.39. The van der Waals surface area contributed by atoms with Gasteiger partial charge in [0.2, 0.25) is 0 Å². The number of hydrogen-bond acceptors (Lipinski definition) is 5. The first kappa shape index (κ1) is 14.1. The van der Waals surface area contributed by atoms with Gasteiger partial charge in [-0.05, 0) is 28.1 Å². The van der Waals surface area contributed by atoms with Crippen LogP contribution in [0.15, 0.2) is 16.6 Å². The fourth-order valence-electron chi connectivity index (χ4n) is 1.78. The van der Waals surface area contributed by atoms with Crippen LogP contribution in [0, 0.1) is 11.3 Å². The van der Waals surface area contributed by atoms with Crippen LogP contribution in [0.1, 0.15) is 18.1 Å².